The number of ether oxygens (including phenoxy) is 5. The van der Waals surface area contributed by atoms with Crippen molar-refractivity contribution in [2.45, 2.75) is 6.54 Å². The first-order chi connectivity index (χ1) is 13.5. The summed E-state index contributed by atoms with van der Waals surface area (Å²) >= 11 is 0. The third-order valence-corrected chi connectivity index (χ3v) is 3.91. The maximum absolute atomic E-state index is 12.1. The van der Waals surface area contributed by atoms with Gasteiger partial charge in [0.1, 0.15) is 11.5 Å². The van der Waals surface area contributed by atoms with Gasteiger partial charge in [0.05, 0.1) is 34.0 Å². The first kappa shape index (κ1) is 20.9. The molecule has 0 heterocycles. The smallest absolute Gasteiger partial charge is 0.337 e. The number of nitrogens with one attached hydrogen (secondary N) is 1. The van der Waals surface area contributed by atoms with Gasteiger partial charge in [-0.1, -0.05) is 0 Å². The van der Waals surface area contributed by atoms with Gasteiger partial charge in [-0.2, -0.15) is 0 Å². The van der Waals surface area contributed by atoms with E-state index in [1.165, 1.54) is 28.4 Å². The van der Waals surface area contributed by atoms with Crippen molar-refractivity contribution in [3.63, 3.8) is 0 Å². The number of amides is 1. The van der Waals surface area contributed by atoms with E-state index in [1.807, 2.05) is 0 Å². The van der Waals surface area contributed by atoms with Crippen LogP contribution in [0.25, 0.3) is 0 Å². The second-order valence-corrected chi connectivity index (χ2v) is 5.60. The second-order valence-electron chi connectivity index (χ2n) is 5.60. The minimum absolute atomic E-state index is 0.173. The lowest BCUT2D eigenvalue weighted by molar-refractivity contribution is -0.123. The number of esters is 1. The average molecular weight is 389 g/mol. The van der Waals surface area contributed by atoms with Crippen LogP contribution in [0.5, 0.6) is 23.0 Å². The third-order valence-electron chi connectivity index (χ3n) is 3.91. The summed E-state index contributed by atoms with van der Waals surface area (Å²) in [5.41, 5.74) is 1.13. The normalized spacial score (nSPS) is 10.0. The zero-order valence-electron chi connectivity index (χ0n) is 16.2. The van der Waals surface area contributed by atoms with Crippen molar-refractivity contribution in [2.75, 3.05) is 35.0 Å². The molecule has 0 radical (unpaired) electrons. The first-order valence-electron chi connectivity index (χ1n) is 8.39. The summed E-state index contributed by atoms with van der Waals surface area (Å²) in [5.74, 6) is 1.36. The minimum atomic E-state index is -0.437. The van der Waals surface area contributed by atoms with Crippen molar-refractivity contribution < 1.29 is 33.3 Å². The molecule has 0 aromatic heterocycles. The molecule has 0 fully saturated rings. The molecule has 2 rings (SSSR count). The number of methoxy groups -OCH3 is 4. The molecule has 0 aliphatic rings. The molecule has 0 bridgehead atoms. The van der Waals surface area contributed by atoms with Gasteiger partial charge >= 0.3 is 5.97 Å². The van der Waals surface area contributed by atoms with Crippen LogP contribution in [0.1, 0.15) is 15.9 Å². The summed E-state index contributed by atoms with van der Waals surface area (Å²) in [7, 11) is 5.91. The van der Waals surface area contributed by atoms with Crippen LogP contribution in [0.2, 0.25) is 0 Å². The monoisotopic (exact) mass is 389 g/mol. The van der Waals surface area contributed by atoms with Crippen molar-refractivity contribution in [1.82, 2.24) is 5.32 Å². The van der Waals surface area contributed by atoms with Crippen LogP contribution >= 0.6 is 0 Å². The van der Waals surface area contributed by atoms with Crippen molar-refractivity contribution in [3.8, 4) is 23.0 Å². The molecule has 0 saturated carbocycles. The van der Waals surface area contributed by atoms with E-state index >= 15 is 0 Å². The number of benzene rings is 2. The Hall–Kier alpha value is -3.42. The fourth-order valence-corrected chi connectivity index (χ4v) is 2.43. The van der Waals surface area contributed by atoms with E-state index in [9.17, 15) is 9.59 Å². The molecule has 1 N–H and O–H groups in total. The highest BCUT2D eigenvalue weighted by Crippen LogP contribution is 2.34. The molecule has 0 aliphatic heterocycles. The predicted octanol–water partition coefficient (Wildman–Crippen LogP) is 2.19. The van der Waals surface area contributed by atoms with Gasteiger partial charge in [0.25, 0.3) is 5.91 Å². The standard InChI is InChI=1S/C20H23NO7/c1-24-16-10-18(26-3)17(25-2)9-14(16)11-21-19(22)12-28-15-7-5-13(6-8-15)20(23)27-4/h5-10H,11-12H2,1-4H3,(H,21,22). The van der Waals surface area contributed by atoms with Crippen molar-refractivity contribution >= 4 is 11.9 Å². The van der Waals surface area contributed by atoms with Crippen LogP contribution in [0.15, 0.2) is 36.4 Å². The summed E-state index contributed by atoms with van der Waals surface area (Å²) in [4.78, 5) is 23.5. The van der Waals surface area contributed by atoms with Crippen LogP contribution in [-0.2, 0) is 16.1 Å². The fraction of sp³-hybridized carbons (Fsp3) is 0.300. The Kier molecular flexibility index (Phi) is 7.50. The van der Waals surface area contributed by atoms with Crippen LogP contribution in [0.4, 0.5) is 0 Å². The molecule has 1 amide bonds. The van der Waals surface area contributed by atoms with E-state index in [0.29, 0.717) is 28.6 Å². The summed E-state index contributed by atoms with van der Waals surface area (Å²) in [6.45, 7) is 0.0557. The Balaban J connectivity index is 1.92. The van der Waals surface area contributed by atoms with Gasteiger partial charge in [0, 0.05) is 18.2 Å². The Morgan fingerprint density at radius 1 is 0.857 bits per heavy atom. The Morgan fingerprint density at radius 3 is 2.04 bits per heavy atom. The van der Waals surface area contributed by atoms with E-state index < -0.39 is 5.97 Å². The summed E-state index contributed by atoms with van der Waals surface area (Å²) < 4.78 is 25.9. The molecule has 2 aromatic rings. The zero-order valence-corrected chi connectivity index (χ0v) is 16.2. The van der Waals surface area contributed by atoms with Gasteiger partial charge in [-0.25, -0.2) is 4.79 Å². The van der Waals surface area contributed by atoms with E-state index in [0.717, 1.165) is 5.56 Å². The maximum Gasteiger partial charge on any atom is 0.337 e. The van der Waals surface area contributed by atoms with Crippen LogP contribution in [0.3, 0.4) is 0 Å². The van der Waals surface area contributed by atoms with Gasteiger partial charge in [-0.3, -0.25) is 4.79 Å². The Morgan fingerprint density at radius 2 is 1.46 bits per heavy atom. The molecule has 8 heteroatoms. The molecule has 0 aliphatic carbocycles. The highest BCUT2D eigenvalue weighted by Gasteiger charge is 2.13. The molecule has 150 valence electrons. The van der Waals surface area contributed by atoms with Crippen LogP contribution < -0.4 is 24.3 Å². The number of rotatable bonds is 9. The molecule has 0 atom stereocenters. The van der Waals surface area contributed by atoms with E-state index in [-0.39, 0.29) is 19.1 Å². The number of carbonyl (C=O) groups excluding carboxylic acids is 2. The van der Waals surface area contributed by atoms with E-state index in [1.54, 1.807) is 36.4 Å². The van der Waals surface area contributed by atoms with E-state index in [4.69, 9.17) is 18.9 Å². The SMILES string of the molecule is COC(=O)c1ccc(OCC(=O)NCc2cc(OC)c(OC)cc2OC)cc1. The van der Waals surface area contributed by atoms with Gasteiger partial charge < -0.3 is 29.0 Å². The number of hydrogen-bond acceptors (Lipinski definition) is 7. The Bertz CT molecular complexity index is 818. The van der Waals surface area contributed by atoms with Gasteiger partial charge in [-0.05, 0) is 30.3 Å². The molecule has 0 unspecified atom stereocenters. The second kappa shape index (κ2) is 10.1. The van der Waals surface area contributed by atoms with E-state index in [2.05, 4.69) is 10.1 Å². The van der Waals surface area contributed by atoms with Crippen molar-refractivity contribution in [3.05, 3.63) is 47.5 Å². The van der Waals surface area contributed by atoms with Gasteiger partial charge in [-0.15, -0.1) is 0 Å². The minimum Gasteiger partial charge on any atom is -0.496 e. The molecule has 28 heavy (non-hydrogen) atoms. The fourth-order valence-electron chi connectivity index (χ4n) is 2.43. The van der Waals surface area contributed by atoms with Crippen molar-refractivity contribution in [2.24, 2.45) is 0 Å². The van der Waals surface area contributed by atoms with Crippen LogP contribution in [-0.4, -0.2) is 46.9 Å². The van der Waals surface area contributed by atoms with Crippen molar-refractivity contribution in [1.29, 1.82) is 0 Å². The number of carbonyl (C=O) groups is 2. The topological polar surface area (TPSA) is 92.3 Å². The molecule has 0 saturated heterocycles. The molecule has 0 spiro atoms. The summed E-state index contributed by atoms with van der Waals surface area (Å²) in [6.07, 6.45) is 0. The highest BCUT2D eigenvalue weighted by atomic mass is 16.5. The quantitative estimate of drug-likeness (QED) is 0.657. The number of hydrogen-bond donors (Lipinski definition) is 1. The molecule has 2 aromatic carbocycles. The lowest BCUT2D eigenvalue weighted by Gasteiger charge is -2.14. The first-order valence-corrected chi connectivity index (χ1v) is 8.39. The molecular weight excluding hydrogens is 366 g/mol. The van der Waals surface area contributed by atoms with Gasteiger partial charge in [0.2, 0.25) is 0 Å². The maximum atomic E-state index is 12.1. The zero-order chi connectivity index (χ0) is 20.5. The largest absolute Gasteiger partial charge is 0.496 e. The summed E-state index contributed by atoms with van der Waals surface area (Å²) in [5, 5.41) is 2.76. The predicted molar refractivity (Wildman–Crippen MR) is 101 cm³/mol. The van der Waals surface area contributed by atoms with Gasteiger partial charge in [0.15, 0.2) is 18.1 Å². The summed E-state index contributed by atoms with van der Waals surface area (Å²) in [6, 6.07) is 9.75. The lowest BCUT2D eigenvalue weighted by Crippen LogP contribution is -2.28. The molecular formula is C20H23NO7. The lowest BCUT2D eigenvalue weighted by atomic mass is 10.1. The third kappa shape index (κ3) is 5.29. The molecule has 8 nitrogen and oxygen atoms in total. The Labute approximate surface area is 163 Å². The highest BCUT2D eigenvalue weighted by molar-refractivity contribution is 5.89. The average Bonchev–Trinajstić information content (AvgIpc) is 2.75. The van der Waals surface area contributed by atoms with Crippen LogP contribution in [0, 0.1) is 0 Å².